The molecule has 0 unspecified atom stereocenters. The van der Waals surface area contributed by atoms with Crippen LogP contribution in [0.3, 0.4) is 0 Å². The Morgan fingerprint density at radius 3 is 1.73 bits per heavy atom. The Hall–Kier alpha value is -4.30. The lowest BCUT2D eigenvalue weighted by Crippen LogP contribution is -2.40. The second-order valence-electron chi connectivity index (χ2n) is 10.7. The average Bonchev–Trinajstić information content (AvgIpc) is 3.40. The zero-order valence-electron chi connectivity index (χ0n) is 23.2. The smallest absolute Gasteiger partial charge is 0.353 e. The molecule has 0 saturated heterocycles. The number of benzene rings is 3. The molecule has 8 heteroatoms. The number of oxime groups is 1. The molecular formula is C32H32N3O4S. The summed E-state index contributed by atoms with van der Waals surface area (Å²) in [5.41, 5.74) is 0.258. The fourth-order valence-electron chi connectivity index (χ4n) is 4.10. The van der Waals surface area contributed by atoms with Crippen molar-refractivity contribution in [3.8, 4) is 0 Å². The van der Waals surface area contributed by atoms with Gasteiger partial charge in [0.2, 0.25) is 5.60 Å². The van der Waals surface area contributed by atoms with Crippen molar-refractivity contribution in [3.63, 3.8) is 0 Å². The third-order valence-corrected chi connectivity index (χ3v) is 6.77. The van der Waals surface area contributed by atoms with Crippen LogP contribution in [0.2, 0.25) is 0 Å². The maximum absolute atomic E-state index is 12.5. The topological polar surface area (TPSA) is 89.9 Å². The number of hydrogen-bond donors (Lipinski definition) is 1. The molecule has 0 aliphatic carbocycles. The highest BCUT2D eigenvalue weighted by Crippen LogP contribution is 2.40. The minimum absolute atomic E-state index is 0.161. The normalized spacial score (nSPS) is 12.5. The summed E-state index contributed by atoms with van der Waals surface area (Å²) in [6.45, 7) is 8.33. The SMILES string of the molecule is CC(C)(C)OC(=O)C(C)(C)ON=C([C]=O)c1csc(NC(c2ccccc2)(c2ccccc2)c2ccccc2)n1. The second-order valence-corrected chi connectivity index (χ2v) is 11.5. The molecule has 205 valence electrons. The minimum atomic E-state index is -1.42. The Morgan fingerprint density at radius 1 is 0.825 bits per heavy atom. The Balaban J connectivity index is 1.71. The third-order valence-electron chi connectivity index (χ3n) is 6.01. The molecule has 1 radical (unpaired) electrons. The molecule has 0 atom stereocenters. The standard InChI is InChI=1S/C32H32N3O4S/c1-30(2,3)38-28(37)31(4,5)39-35-26(21-36)27-22-40-29(33-27)34-32(23-15-9-6-10-16-23,24-17-11-7-12-18-24)25-19-13-8-14-20-25/h6-20,22H,1-5H3,(H,33,34). The van der Waals surface area contributed by atoms with Gasteiger partial charge in [-0.3, -0.25) is 4.79 Å². The molecule has 1 aromatic heterocycles. The van der Waals surface area contributed by atoms with Crippen molar-refractivity contribution in [1.82, 2.24) is 4.98 Å². The molecule has 0 aliphatic heterocycles. The van der Waals surface area contributed by atoms with Crippen molar-refractivity contribution in [2.24, 2.45) is 5.16 Å². The first-order chi connectivity index (χ1) is 19.0. The molecule has 1 heterocycles. The molecule has 1 N–H and O–H groups in total. The van der Waals surface area contributed by atoms with Crippen LogP contribution in [0.25, 0.3) is 0 Å². The zero-order chi connectivity index (χ0) is 28.8. The summed E-state index contributed by atoms with van der Waals surface area (Å²) in [6, 6.07) is 30.4. The molecule has 4 aromatic rings. The van der Waals surface area contributed by atoms with E-state index in [1.807, 2.05) is 54.6 Å². The van der Waals surface area contributed by atoms with Crippen molar-refractivity contribution in [2.75, 3.05) is 5.32 Å². The molecule has 0 saturated carbocycles. The molecule has 0 fully saturated rings. The lowest BCUT2D eigenvalue weighted by Gasteiger charge is -2.36. The molecule has 0 bridgehead atoms. The highest BCUT2D eigenvalue weighted by atomic mass is 32.1. The van der Waals surface area contributed by atoms with Gasteiger partial charge in [-0.2, -0.15) is 0 Å². The van der Waals surface area contributed by atoms with Gasteiger partial charge >= 0.3 is 5.97 Å². The number of carbonyl (C=O) groups is 1. The van der Waals surface area contributed by atoms with E-state index < -0.39 is 22.7 Å². The van der Waals surface area contributed by atoms with Gasteiger partial charge in [0, 0.05) is 5.38 Å². The number of hydrogen-bond acceptors (Lipinski definition) is 8. The lowest BCUT2D eigenvalue weighted by atomic mass is 9.77. The van der Waals surface area contributed by atoms with E-state index in [0.717, 1.165) is 16.7 Å². The first-order valence-electron chi connectivity index (χ1n) is 12.8. The number of anilines is 1. The lowest BCUT2D eigenvalue weighted by molar-refractivity contribution is -0.179. The summed E-state index contributed by atoms with van der Waals surface area (Å²) in [5.74, 6) is -0.604. The van der Waals surface area contributed by atoms with Crippen molar-refractivity contribution in [3.05, 3.63) is 119 Å². The Labute approximate surface area is 238 Å². The van der Waals surface area contributed by atoms with Gasteiger partial charge in [-0.15, -0.1) is 11.3 Å². The number of carbonyl (C=O) groups excluding carboxylic acids is 2. The minimum Gasteiger partial charge on any atom is -0.457 e. The third kappa shape index (κ3) is 6.46. The van der Waals surface area contributed by atoms with E-state index in [1.165, 1.54) is 25.2 Å². The molecule has 40 heavy (non-hydrogen) atoms. The first-order valence-corrected chi connectivity index (χ1v) is 13.7. The number of aromatic nitrogens is 1. The van der Waals surface area contributed by atoms with Gasteiger partial charge in [-0.1, -0.05) is 96.2 Å². The Morgan fingerprint density at radius 2 is 1.30 bits per heavy atom. The van der Waals surface area contributed by atoms with Gasteiger partial charge in [-0.05, 0) is 51.3 Å². The van der Waals surface area contributed by atoms with E-state index in [-0.39, 0.29) is 11.4 Å². The molecule has 7 nitrogen and oxygen atoms in total. The Bertz CT molecular complexity index is 1360. The highest BCUT2D eigenvalue weighted by Gasteiger charge is 2.38. The second kappa shape index (κ2) is 11.8. The molecular weight excluding hydrogens is 522 g/mol. The maximum Gasteiger partial charge on any atom is 0.353 e. The molecule has 3 aromatic carbocycles. The highest BCUT2D eigenvalue weighted by molar-refractivity contribution is 7.14. The van der Waals surface area contributed by atoms with Crippen LogP contribution in [0.15, 0.2) is 102 Å². The first kappa shape index (κ1) is 28.7. The number of nitrogens with one attached hydrogen (secondary N) is 1. The number of rotatable bonds is 10. The molecule has 0 amide bonds. The quantitative estimate of drug-likeness (QED) is 0.104. The number of nitrogens with zero attached hydrogens (tertiary/aromatic N) is 2. The predicted molar refractivity (Wildman–Crippen MR) is 158 cm³/mol. The van der Waals surface area contributed by atoms with Gasteiger partial charge in [0.15, 0.2) is 10.8 Å². The molecule has 4 rings (SSSR count). The summed E-state index contributed by atoms with van der Waals surface area (Å²) in [4.78, 5) is 34.5. The zero-order valence-corrected chi connectivity index (χ0v) is 24.0. The average molecular weight is 555 g/mol. The number of thiazole rings is 1. The van der Waals surface area contributed by atoms with E-state index >= 15 is 0 Å². The summed E-state index contributed by atoms with van der Waals surface area (Å²) in [5, 5.41) is 9.85. The van der Waals surface area contributed by atoms with Crippen LogP contribution < -0.4 is 5.32 Å². The van der Waals surface area contributed by atoms with E-state index in [2.05, 4.69) is 51.9 Å². The van der Waals surface area contributed by atoms with E-state index in [4.69, 9.17) is 9.57 Å². The van der Waals surface area contributed by atoms with Crippen molar-refractivity contribution in [1.29, 1.82) is 0 Å². The maximum atomic E-state index is 12.5. The summed E-state index contributed by atoms with van der Waals surface area (Å²) >= 11 is 1.32. The van der Waals surface area contributed by atoms with Crippen molar-refractivity contribution in [2.45, 2.75) is 51.4 Å². The van der Waals surface area contributed by atoms with Crippen LogP contribution in [-0.4, -0.2) is 34.2 Å². The molecule has 0 spiro atoms. The van der Waals surface area contributed by atoms with Crippen LogP contribution in [0.4, 0.5) is 5.13 Å². The fourth-order valence-corrected chi connectivity index (χ4v) is 4.85. The number of ether oxygens (including phenoxy) is 1. The summed E-state index contributed by atoms with van der Waals surface area (Å²) in [7, 11) is 0. The van der Waals surface area contributed by atoms with Gasteiger partial charge in [0.25, 0.3) is 6.29 Å². The van der Waals surface area contributed by atoms with Gasteiger partial charge in [0.1, 0.15) is 16.8 Å². The Kier molecular flexibility index (Phi) is 8.49. The van der Waals surface area contributed by atoms with Crippen LogP contribution >= 0.6 is 11.3 Å². The van der Waals surface area contributed by atoms with E-state index in [9.17, 15) is 9.59 Å². The van der Waals surface area contributed by atoms with Crippen LogP contribution in [0.1, 0.15) is 57.0 Å². The van der Waals surface area contributed by atoms with Crippen LogP contribution in [-0.2, 0) is 24.7 Å². The van der Waals surface area contributed by atoms with Gasteiger partial charge in [0.05, 0.1) is 0 Å². The van der Waals surface area contributed by atoms with Gasteiger partial charge in [-0.25, -0.2) is 9.78 Å². The monoisotopic (exact) mass is 554 g/mol. The fraction of sp³-hybridized carbons (Fsp3) is 0.250. The molecule has 0 aliphatic rings. The largest absolute Gasteiger partial charge is 0.457 e. The summed E-state index contributed by atoms with van der Waals surface area (Å²) in [6.07, 6.45) is 1.79. The van der Waals surface area contributed by atoms with Crippen molar-refractivity contribution >= 4 is 34.4 Å². The van der Waals surface area contributed by atoms with E-state index in [1.54, 1.807) is 32.4 Å². The van der Waals surface area contributed by atoms with Gasteiger partial charge < -0.3 is 14.9 Å². The predicted octanol–water partition coefficient (Wildman–Crippen LogP) is 6.50. The van der Waals surface area contributed by atoms with Crippen LogP contribution in [0.5, 0.6) is 0 Å². The summed E-state index contributed by atoms with van der Waals surface area (Å²) < 4.78 is 5.40. The van der Waals surface area contributed by atoms with Crippen LogP contribution in [0, 0.1) is 0 Å². The number of esters is 1. The van der Waals surface area contributed by atoms with Crippen molar-refractivity contribution < 1.29 is 19.2 Å². The van der Waals surface area contributed by atoms with E-state index in [0.29, 0.717) is 5.13 Å².